The number of benzene rings is 1. The van der Waals surface area contributed by atoms with Crippen molar-refractivity contribution in [2.45, 2.75) is 19.3 Å². The number of aryl methyl sites for hydroxylation is 1. The molecule has 0 bridgehead atoms. The molecule has 0 radical (unpaired) electrons. The van der Waals surface area contributed by atoms with Gasteiger partial charge < -0.3 is 15.5 Å². The zero-order valence-electron chi connectivity index (χ0n) is 10.8. The number of hydrogen-bond acceptors (Lipinski definition) is 3. The third-order valence-electron chi connectivity index (χ3n) is 2.63. The lowest BCUT2D eigenvalue weighted by molar-refractivity contribution is -0.116. The molecule has 4 heteroatoms. The quantitative estimate of drug-likeness (QED) is 0.323. The summed E-state index contributed by atoms with van der Waals surface area (Å²) < 4.78 is 0. The maximum atomic E-state index is 11.3. The summed E-state index contributed by atoms with van der Waals surface area (Å²) in [7, 11) is 0. The van der Waals surface area contributed by atoms with Crippen LogP contribution in [0.5, 0.6) is 0 Å². The second kappa shape index (κ2) is 8.80. The number of carbonyl (C=O) groups is 2. The molecule has 0 spiro atoms. The van der Waals surface area contributed by atoms with Crippen LogP contribution in [0.25, 0.3) is 0 Å². The Morgan fingerprint density at radius 1 is 1.32 bits per heavy atom. The smallest absolute Gasteiger partial charge is 0.243 e. The summed E-state index contributed by atoms with van der Waals surface area (Å²) in [5.41, 5.74) is 2.03. The number of rotatable bonds is 8. The molecular weight excluding hydrogens is 240 g/mol. The summed E-state index contributed by atoms with van der Waals surface area (Å²) in [5.74, 6) is -0.179. The molecule has 1 rings (SSSR count). The van der Waals surface area contributed by atoms with E-state index in [2.05, 4.69) is 5.32 Å². The lowest BCUT2D eigenvalue weighted by atomic mass is 10.0. The van der Waals surface area contributed by atoms with Gasteiger partial charge in [-0.15, -0.1) is 0 Å². The predicted molar refractivity (Wildman–Crippen MR) is 75.5 cm³/mol. The minimum Gasteiger partial charge on any atom is -0.353 e. The maximum Gasteiger partial charge on any atom is 0.243 e. The Morgan fingerprint density at radius 2 is 2.11 bits per heavy atom. The lowest BCUT2D eigenvalue weighted by Crippen LogP contribution is -2.22. The van der Waals surface area contributed by atoms with Crippen LogP contribution in [0.3, 0.4) is 0 Å². The van der Waals surface area contributed by atoms with Gasteiger partial charge in [-0.05, 0) is 30.0 Å². The monoisotopic (exact) mass is 258 g/mol. The largest absolute Gasteiger partial charge is 0.353 e. The normalized spacial score (nSPS) is 10.3. The molecule has 0 aromatic heterocycles. The lowest BCUT2D eigenvalue weighted by Gasteiger charge is -2.05. The molecule has 0 fully saturated rings. The van der Waals surface area contributed by atoms with Gasteiger partial charge in [-0.25, -0.2) is 0 Å². The van der Waals surface area contributed by atoms with E-state index in [1.165, 1.54) is 18.4 Å². The predicted octanol–water partition coefficient (Wildman–Crippen LogP) is 1.88. The standard InChI is InChI=1S/C15H18N2O2/c16-12-14-7-2-1-6-13(14)8-5-10-17-15(19)9-3-4-11-18/h1-3,6-7,9,11-12,16H,4-5,8,10H2,(H,17,19)/b9-3+,16-12?. The molecule has 1 aromatic carbocycles. The van der Waals surface area contributed by atoms with Gasteiger partial charge >= 0.3 is 0 Å². The van der Waals surface area contributed by atoms with Gasteiger partial charge in [-0.3, -0.25) is 4.79 Å². The highest BCUT2D eigenvalue weighted by molar-refractivity contribution is 5.87. The Hall–Kier alpha value is -2.23. The number of amides is 1. The van der Waals surface area contributed by atoms with Crippen LogP contribution >= 0.6 is 0 Å². The van der Waals surface area contributed by atoms with Crippen molar-refractivity contribution in [3.8, 4) is 0 Å². The molecule has 0 heterocycles. The fourth-order valence-electron chi connectivity index (χ4n) is 1.68. The Kier molecular flexibility index (Phi) is 6.87. The molecule has 0 aliphatic rings. The van der Waals surface area contributed by atoms with Crippen molar-refractivity contribution in [2.24, 2.45) is 0 Å². The maximum absolute atomic E-state index is 11.3. The van der Waals surface area contributed by atoms with Crippen molar-refractivity contribution in [3.63, 3.8) is 0 Å². The van der Waals surface area contributed by atoms with Crippen molar-refractivity contribution in [1.82, 2.24) is 5.32 Å². The Morgan fingerprint density at radius 3 is 2.84 bits per heavy atom. The molecule has 1 amide bonds. The topological polar surface area (TPSA) is 70.0 Å². The summed E-state index contributed by atoms with van der Waals surface area (Å²) in [6, 6.07) is 7.75. The van der Waals surface area contributed by atoms with E-state index in [1.54, 1.807) is 0 Å². The van der Waals surface area contributed by atoms with Crippen LogP contribution in [-0.4, -0.2) is 25.0 Å². The van der Waals surface area contributed by atoms with Crippen molar-refractivity contribution in [2.75, 3.05) is 6.54 Å². The SMILES string of the molecule is N=Cc1ccccc1CCCNC(=O)/C=C/CC=O. The molecule has 0 unspecified atom stereocenters. The Labute approximate surface area is 113 Å². The highest BCUT2D eigenvalue weighted by Crippen LogP contribution is 2.08. The molecule has 1 aromatic rings. The molecule has 0 saturated heterocycles. The van der Waals surface area contributed by atoms with E-state index in [0.29, 0.717) is 6.54 Å². The molecule has 0 aliphatic heterocycles. The van der Waals surface area contributed by atoms with Gasteiger partial charge in [0, 0.05) is 19.2 Å². The van der Waals surface area contributed by atoms with Crippen LogP contribution in [-0.2, 0) is 16.0 Å². The third kappa shape index (κ3) is 5.77. The Bertz CT molecular complexity index is 467. The van der Waals surface area contributed by atoms with E-state index in [9.17, 15) is 9.59 Å². The molecule has 100 valence electrons. The number of nitrogens with one attached hydrogen (secondary N) is 2. The third-order valence-corrected chi connectivity index (χ3v) is 2.63. The van der Waals surface area contributed by atoms with Gasteiger partial charge in [-0.1, -0.05) is 30.3 Å². The zero-order chi connectivity index (χ0) is 13.9. The summed E-state index contributed by atoms with van der Waals surface area (Å²) in [6.45, 7) is 0.580. The summed E-state index contributed by atoms with van der Waals surface area (Å²) >= 11 is 0. The fourth-order valence-corrected chi connectivity index (χ4v) is 1.68. The molecular formula is C15H18N2O2. The van der Waals surface area contributed by atoms with E-state index in [1.807, 2.05) is 24.3 Å². The van der Waals surface area contributed by atoms with E-state index in [0.717, 1.165) is 30.3 Å². The van der Waals surface area contributed by atoms with Crippen LogP contribution in [0, 0.1) is 5.41 Å². The van der Waals surface area contributed by atoms with Crippen molar-refractivity contribution >= 4 is 18.4 Å². The van der Waals surface area contributed by atoms with Gasteiger partial charge in [0.2, 0.25) is 5.91 Å². The van der Waals surface area contributed by atoms with Crippen LogP contribution in [0.4, 0.5) is 0 Å². The van der Waals surface area contributed by atoms with E-state index < -0.39 is 0 Å². The van der Waals surface area contributed by atoms with Gasteiger partial charge in [0.05, 0.1) is 0 Å². The van der Waals surface area contributed by atoms with E-state index in [-0.39, 0.29) is 12.3 Å². The second-order valence-corrected chi connectivity index (χ2v) is 4.04. The van der Waals surface area contributed by atoms with E-state index >= 15 is 0 Å². The first-order valence-electron chi connectivity index (χ1n) is 6.24. The van der Waals surface area contributed by atoms with E-state index in [4.69, 9.17) is 5.41 Å². The molecule has 0 saturated carbocycles. The van der Waals surface area contributed by atoms with Gasteiger partial charge in [0.25, 0.3) is 0 Å². The number of hydrogen-bond donors (Lipinski definition) is 2. The van der Waals surface area contributed by atoms with Gasteiger partial charge in [0.1, 0.15) is 6.29 Å². The van der Waals surface area contributed by atoms with Crippen LogP contribution < -0.4 is 5.32 Å². The highest BCUT2D eigenvalue weighted by Gasteiger charge is 1.99. The molecule has 0 aliphatic carbocycles. The van der Waals surface area contributed by atoms with Crippen molar-refractivity contribution in [3.05, 3.63) is 47.5 Å². The van der Waals surface area contributed by atoms with Gasteiger partial charge in [-0.2, -0.15) is 0 Å². The average molecular weight is 258 g/mol. The summed E-state index contributed by atoms with van der Waals surface area (Å²) in [5, 5.41) is 10.0. The average Bonchev–Trinajstić information content (AvgIpc) is 2.44. The molecule has 19 heavy (non-hydrogen) atoms. The van der Waals surface area contributed by atoms with Gasteiger partial charge in [0.15, 0.2) is 0 Å². The fraction of sp³-hybridized carbons (Fsp3) is 0.267. The zero-order valence-corrected chi connectivity index (χ0v) is 10.8. The minimum atomic E-state index is -0.179. The minimum absolute atomic E-state index is 0.179. The molecule has 2 N–H and O–H groups in total. The van der Waals surface area contributed by atoms with Crippen LogP contribution in [0.15, 0.2) is 36.4 Å². The summed E-state index contributed by atoms with van der Waals surface area (Å²) in [4.78, 5) is 21.4. The highest BCUT2D eigenvalue weighted by atomic mass is 16.1. The van der Waals surface area contributed by atoms with Crippen molar-refractivity contribution in [1.29, 1.82) is 5.41 Å². The van der Waals surface area contributed by atoms with Crippen LogP contribution in [0.2, 0.25) is 0 Å². The number of allylic oxidation sites excluding steroid dienone is 1. The number of aldehydes is 1. The van der Waals surface area contributed by atoms with Crippen LogP contribution in [0.1, 0.15) is 24.0 Å². The first-order valence-corrected chi connectivity index (χ1v) is 6.24. The Balaban J connectivity index is 2.29. The number of carbonyl (C=O) groups excluding carboxylic acids is 2. The first kappa shape index (κ1) is 14.8. The second-order valence-electron chi connectivity index (χ2n) is 4.04. The molecule has 0 atom stereocenters. The molecule has 4 nitrogen and oxygen atoms in total. The van der Waals surface area contributed by atoms with Crippen molar-refractivity contribution < 1.29 is 9.59 Å². The first-order chi connectivity index (χ1) is 9.27. The summed E-state index contributed by atoms with van der Waals surface area (Å²) in [6.07, 6.45) is 6.91.